The maximum absolute atomic E-state index is 16.7. The summed E-state index contributed by atoms with van der Waals surface area (Å²) in [5, 5.41) is 10.4. The Morgan fingerprint density at radius 3 is 2.72 bits per heavy atom. The Labute approximate surface area is 236 Å². The molecule has 1 aliphatic heterocycles. The molecule has 39 heavy (non-hydrogen) atoms. The van der Waals surface area contributed by atoms with Gasteiger partial charge in [0.15, 0.2) is 6.17 Å². The number of alkyl halides is 1. The zero-order chi connectivity index (χ0) is 28.1. The summed E-state index contributed by atoms with van der Waals surface area (Å²) in [7, 11) is -1.52. The standard InChI is InChI=1S/C28H35ClFN5O3S/c1-27(2,3)38-26(36)35-15-14-34(16-17(35)10-13-31)24-19-9-12-28(11-8-18-20(28)6-5-7-21(18)29)23(30)22(19)32-25(33-24)39(4)37/h6,17,23H,5,7-12,14-16H2,1-4H3/t17-,23-,28+,39?/m0/s1. The van der Waals surface area contributed by atoms with Crippen molar-refractivity contribution in [3.05, 3.63) is 33.5 Å². The fourth-order valence-electron chi connectivity index (χ4n) is 6.48. The highest BCUT2D eigenvalue weighted by atomic mass is 35.5. The molecular weight excluding hydrogens is 541 g/mol. The fourth-order valence-corrected chi connectivity index (χ4v) is 7.22. The maximum atomic E-state index is 16.7. The molecule has 0 radical (unpaired) electrons. The minimum atomic E-state index is -1.52. The highest BCUT2D eigenvalue weighted by Crippen LogP contribution is 2.62. The molecule has 1 amide bonds. The van der Waals surface area contributed by atoms with E-state index >= 15 is 4.39 Å². The predicted octanol–water partition coefficient (Wildman–Crippen LogP) is 5.50. The first-order chi connectivity index (χ1) is 18.4. The number of nitriles is 1. The third kappa shape index (κ3) is 5.08. The van der Waals surface area contributed by atoms with Gasteiger partial charge in [0.05, 0.1) is 35.0 Å². The van der Waals surface area contributed by atoms with Crippen molar-refractivity contribution in [2.45, 2.75) is 88.7 Å². The topological polar surface area (TPSA) is 99.4 Å². The van der Waals surface area contributed by atoms with E-state index in [4.69, 9.17) is 16.3 Å². The van der Waals surface area contributed by atoms with Crippen molar-refractivity contribution in [2.75, 3.05) is 30.8 Å². The smallest absolute Gasteiger partial charge is 0.410 e. The van der Waals surface area contributed by atoms with Crippen LogP contribution >= 0.6 is 11.6 Å². The monoisotopic (exact) mass is 575 g/mol. The SMILES string of the molecule is CS(=O)c1nc2c(c(N3CCN(C(=O)OC(C)(C)C)[C@@H](CC#N)C3)n1)CC[C@@]1(CCC3=C(Cl)CCC=C31)[C@H]2F. The number of nitrogens with zero attached hydrogens (tertiary/aromatic N) is 5. The molecule has 4 aliphatic rings. The number of fused-ring (bicyclic) bond motifs is 3. The third-order valence-electron chi connectivity index (χ3n) is 8.26. The molecule has 1 aromatic rings. The summed E-state index contributed by atoms with van der Waals surface area (Å²) in [6, 6.07) is 1.76. The molecule has 5 rings (SSSR count). The number of aromatic nitrogens is 2. The Hall–Kier alpha value is -2.51. The van der Waals surface area contributed by atoms with Crippen LogP contribution in [0.15, 0.2) is 27.4 Å². The van der Waals surface area contributed by atoms with Crippen molar-refractivity contribution in [1.29, 1.82) is 5.26 Å². The number of ether oxygens (including phenoxy) is 1. The minimum Gasteiger partial charge on any atom is -0.444 e. The second-order valence-corrected chi connectivity index (χ2v) is 13.6. The van der Waals surface area contributed by atoms with Gasteiger partial charge in [-0.1, -0.05) is 17.7 Å². The van der Waals surface area contributed by atoms with Crippen LogP contribution in [0.4, 0.5) is 15.0 Å². The lowest BCUT2D eigenvalue weighted by molar-refractivity contribution is 0.0144. The number of piperazine rings is 1. The first-order valence-electron chi connectivity index (χ1n) is 13.5. The molecule has 1 unspecified atom stereocenters. The molecule has 2 fully saturated rings. The Kier molecular flexibility index (Phi) is 7.53. The van der Waals surface area contributed by atoms with Crippen LogP contribution in [0, 0.1) is 16.7 Å². The van der Waals surface area contributed by atoms with Gasteiger partial charge in [0, 0.05) is 41.9 Å². The van der Waals surface area contributed by atoms with Crippen LogP contribution < -0.4 is 4.90 Å². The number of allylic oxidation sites excluding steroid dienone is 4. The largest absolute Gasteiger partial charge is 0.444 e. The molecule has 0 N–H and O–H groups in total. The van der Waals surface area contributed by atoms with Gasteiger partial charge >= 0.3 is 6.09 Å². The number of carbonyl (C=O) groups is 1. The summed E-state index contributed by atoms with van der Waals surface area (Å²) in [5.74, 6) is 0.555. The molecule has 1 aromatic heterocycles. The molecule has 3 aliphatic carbocycles. The normalized spacial score (nSPS) is 27.6. The molecule has 0 bridgehead atoms. The van der Waals surface area contributed by atoms with Crippen LogP contribution in [0.25, 0.3) is 0 Å². The van der Waals surface area contributed by atoms with Gasteiger partial charge in [-0.3, -0.25) is 4.21 Å². The number of hydrogen-bond donors (Lipinski definition) is 0. The lowest BCUT2D eigenvalue weighted by atomic mass is 9.67. The fraction of sp³-hybridized carbons (Fsp3) is 0.643. The summed E-state index contributed by atoms with van der Waals surface area (Å²) < 4.78 is 34.9. The molecule has 8 nitrogen and oxygen atoms in total. The molecular formula is C28H35ClFN5O3S. The highest BCUT2D eigenvalue weighted by Gasteiger charge is 2.53. The molecule has 1 saturated heterocycles. The zero-order valence-corrected chi connectivity index (χ0v) is 24.5. The van der Waals surface area contributed by atoms with Crippen LogP contribution in [-0.2, 0) is 22.0 Å². The number of amides is 1. The average Bonchev–Trinajstić information content (AvgIpc) is 3.25. The summed E-state index contributed by atoms with van der Waals surface area (Å²) in [6.07, 6.45) is 6.17. The Morgan fingerprint density at radius 1 is 1.28 bits per heavy atom. The summed E-state index contributed by atoms with van der Waals surface area (Å²) >= 11 is 6.55. The first-order valence-corrected chi connectivity index (χ1v) is 15.5. The number of anilines is 1. The van der Waals surface area contributed by atoms with E-state index in [2.05, 4.69) is 22.1 Å². The molecule has 4 atom stereocenters. The molecule has 210 valence electrons. The van der Waals surface area contributed by atoms with Crippen LogP contribution in [0.2, 0.25) is 0 Å². The second kappa shape index (κ2) is 10.5. The number of halogens is 2. The van der Waals surface area contributed by atoms with Crippen molar-refractivity contribution < 1.29 is 18.1 Å². The lowest BCUT2D eigenvalue weighted by Crippen LogP contribution is -2.56. The number of hydrogen-bond acceptors (Lipinski definition) is 7. The van der Waals surface area contributed by atoms with Gasteiger partial charge in [0.1, 0.15) is 11.4 Å². The van der Waals surface area contributed by atoms with Crippen molar-refractivity contribution in [2.24, 2.45) is 5.41 Å². The van der Waals surface area contributed by atoms with Gasteiger partial charge < -0.3 is 14.5 Å². The number of carbonyl (C=O) groups excluding carboxylic acids is 1. The Bertz CT molecular complexity index is 1320. The quantitative estimate of drug-likeness (QED) is 0.439. The zero-order valence-electron chi connectivity index (χ0n) is 22.9. The minimum absolute atomic E-state index is 0.0965. The van der Waals surface area contributed by atoms with E-state index in [9.17, 15) is 14.3 Å². The average molecular weight is 576 g/mol. The maximum Gasteiger partial charge on any atom is 0.410 e. The van der Waals surface area contributed by atoms with Gasteiger partial charge in [0.2, 0.25) is 5.16 Å². The molecule has 2 heterocycles. The van der Waals surface area contributed by atoms with E-state index in [1.54, 1.807) is 25.7 Å². The van der Waals surface area contributed by atoms with Gasteiger partial charge in [0.25, 0.3) is 0 Å². The van der Waals surface area contributed by atoms with E-state index in [0.717, 1.165) is 41.0 Å². The first kappa shape index (κ1) is 28.0. The van der Waals surface area contributed by atoms with Crippen molar-refractivity contribution in [1.82, 2.24) is 14.9 Å². The van der Waals surface area contributed by atoms with Crippen molar-refractivity contribution >= 4 is 34.3 Å². The van der Waals surface area contributed by atoms with E-state index in [0.29, 0.717) is 50.4 Å². The van der Waals surface area contributed by atoms with Gasteiger partial charge in [-0.2, -0.15) is 5.26 Å². The third-order valence-corrected chi connectivity index (χ3v) is 9.37. The summed E-state index contributed by atoms with van der Waals surface area (Å²) in [4.78, 5) is 25.7. The van der Waals surface area contributed by atoms with E-state index in [1.807, 2.05) is 4.90 Å². The summed E-state index contributed by atoms with van der Waals surface area (Å²) in [6.45, 7) is 6.51. The molecule has 11 heteroatoms. The Balaban J connectivity index is 1.50. The van der Waals surface area contributed by atoms with Crippen molar-refractivity contribution in [3.63, 3.8) is 0 Å². The van der Waals surface area contributed by atoms with Crippen LogP contribution in [0.1, 0.15) is 76.7 Å². The summed E-state index contributed by atoms with van der Waals surface area (Å²) in [5.41, 5.74) is 1.81. The predicted molar refractivity (Wildman–Crippen MR) is 148 cm³/mol. The van der Waals surface area contributed by atoms with E-state index in [-0.39, 0.29) is 11.6 Å². The molecule has 0 aromatic carbocycles. The molecule has 1 spiro atoms. The van der Waals surface area contributed by atoms with E-state index < -0.39 is 40.1 Å². The van der Waals surface area contributed by atoms with Crippen LogP contribution in [0.5, 0.6) is 0 Å². The lowest BCUT2D eigenvalue weighted by Gasteiger charge is -2.44. The van der Waals surface area contributed by atoms with Crippen LogP contribution in [0.3, 0.4) is 0 Å². The van der Waals surface area contributed by atoms with E-state index in [1.165, 1.54) is 6.26 Å². The molecule has 1 saturated carbocycles. The highest BCUT2D eigenvalue weighted by molar-refractivity contribution is 7.84. The van der Waals surface area contributed by atoms with Crippen LogP contribution in [-0.4, -0.2) is 62.7 Å². The van der Waals surface area contributed by atoms with Gasteiger partial charge in [-0.05, 0) is 70.4 Å². The van der Waals surface area contributed by atoms with Gasteiger partial charge in [-0.15, -0.1) is 0 Å². The second-order valence-electron chi connectivity index (χ2n) is 11.8. The van der Waals surface area contributed by atoms with Gasteiger partial charge in [-0.25, -0.2) is 19.2 Å². The van der Waals surface area contributed by atoms with Crippen molar-refractivity contribution in [3.8, 4) is 6.07 Å². The Morgan fingerprint density at radius 2 is 2.03 bits per heavy atom. The number of rotatable bonds is 3.